The lowest BCUT2D eigenvalue weighted by Gasteiger charge is -2.26. The highest BCUT2D eigenvalue weighted by Crippen LogP contribution is 2.32. The summed E-state index contributed by atoms with van der Waals surface area (Å²) >= 11 is 13.5. The van der Waals surface area contributed by atoms with Crippen LogP contribution in [0.15, 0.2) is 34.2 Å². The van der Waals surface area contributed by atoms with Crippen molar-refractivity contribution >= 4 is 46.6 Å². The third-order valence-corrected chi connectivity index (χ3v) is 6.10. The van der Waals surface area contributed by atoms with Crippen molar-refractivity contribution in [3.63, 3.8) is 0 Å². The molecule has 138 valence electrons. The van der Waals surface area contributed by atoms with Crippen molar-refractivity contribution in [1.82, 2.24) is 9.55 Å². The average Bonchev–Trinajstić information content (AvgIpc) is 2.57. The number of halogens is 2. The van der Waals surface area contributed by atoms with Crippen LogP contribution in [-0.2, 0) is 16.8 Å². The highest BCUT2D eigenvalue weighted by atomic mass is 35.5. The number of hydrogen-bond donors (Lipinski definition) is 1. The van der Waals surface area contributed by atoms with Crippen LogP contribution in [0.4, 0.5) is 5.69 Å². The summed E-state index contributed by atoms with van der Waals surface area (Å²) in [5.41, 5.74) is 0.890. The van der Waals surface area contributed by atoms with Gasteiger partial charge in [0.1, 0.15) is 0 Å². The summed E-state index contributed by atoms with van der Waals surface area (Å²) in [6, 6.07) is 6.62. The van der Waals surface area contributed by atoms with Crippen molar-refractivity contribution in [1.29, 1.82) is 0 Å². The summed E-state index contributed by atoms with van der Waals surface area (Å²) in [5.74, 6) is -0.00834. The second kappa shape index (κ2) is 7.25. The van der Waals surface area contributed by atoms with Crippen LogP contribution in [0.2, 0.25) is 10.0 Å². The SMILES string of the molecule is CC(C)(C)c1cc(=O)n2c(n1)SCC(C(=O)Nc1cccc(Cl)c1Cl)C2. The molecule has 8 heteroatoms. The maximum absolute atomic E-state index is 12.6. The van der Waals surface area contributed by atoms with E-state index in [0.29, 0.717) is 33.2 Å². The number of carbonyl (C=O) groups is 1. The molecule has 0 radical (unpaired) electrons. The predicted molar refractivity (Wildman–Crippen MR) is 107 cm³/mol. The average molecular weight is 412 g/mol. The van der Waals surface area contributed by atoms with Crippen molar-refractivity contribution in [2.75, 3.05) is 11.1 Å². The van der Waals surface area contributed by atoms with Crippen LogP contribution in [0, 0.1) is 5.92 Å². The second-order valence-corrected chi connectivity index (χ2v) is 8.99. The highest BCUT2D eigenvalue weighted by molar-refractivity contribution is 7.99. The summed E-state index contributed by atoms with van der Waals surface area (Å²) in [6.07, 6.45) is 0. The van der Waals surface area contributed by atoms with Gasteiger partial charge in [-0.2, -0.15) is 0 Å². The molecule has 26 heavy (non-hydrogen) atoms. The molecule has 1 N–H and O–H groups in total. The smallest absolute Gasteiger partial charge is 0.254 e. The third-order valence-electron chi connectivity index (χ3n) is 4.14. The minimum atomic E-state index is -0.359. The molecule has 1 aromatic carbocycles. The van der Waals surface area contributed by atoms with Gasteiger partial charge in [-0.1, -0.05) is 61.8 Å². The van der Waals surface area contributed by atoms with Gasteiger partial charge in [-0.15, -0.1) is 0 Å². The van der Waals surface area contributed by atoms with Gasteiger partial charge in [-0.05, 0) is 12.1 Å². The molecular formula is C18H19Cl2N3O2S. The number of anilines is 1. The minimum Gasteiger partial charge on any atom is -0.324 e. The zero-order chi connectivity index (χ0) is 19.1. The van der Waals surface area contributed by atoms with Crippen LogP contribution >= 0.6 is 35.0 Å². The molecule has 1 aliphatic rings. The van der Waals surface area contributed by atoms with Crippen LogP contribution in [0.1, 0.15) is 26.5 Å². The third kappa shape index (κ3) is 3.92. The quantitative estimate of drug-likeness (QED) is 0.751. The first-order valence-electron chi connectivity index (χ1n) is 8.17. The second-order valence-electron chi connectivity index (χ2n) is 7.22. The van der Waals surface area contributed by atoms with E-state index in [1.54, 1.807) is 28.8 Å². The predicted octanol–water partition coefficient (Wildman–Crippen LogP) is 4.21. The van der Waals surface area contributed by atoms with Crippen molar-refractivity contribution < 1.29 is 4.79 Å². The molecule has 0 saturated carbocycles. The van der Waals surface area contributed by atoms with Crippen molar-refractivity contribution in [2.45, 2.75) is 37.9 Å². The van der Waals surface area contributed by atoms with Gasteiger partial charge in [-0.25, -0.2) is 4.98 Å². The Morgan fingerprint density at radius 2 is 2.08 bits per heavy atom. The van der Waals surface area contributed by atoms with E-state index in [2.05, 4.69) is 10.3 Å². The van der Waals surface area contributed by atoms with E-state index in [-0.39, 0.29) is 22.8 Å². The van der Waals surface area contributed by atoms with Crippen molar-refractivity contribution in [2.24, 2.45) is 5.92 Å². The molecule has 3 rings (SSSR count). The monoisotopic (exact) mass is 411 g/mol. The molecule has 0 saturated heterocycles. The highest BCUT2D eigenvalue weighted by Gasteiger charge is 2.29. The fourth-order valence-electron chi connectivity index (χ4n) is 2.59. The first kappa shape index (κ1) is 19.3. The lowest BCUT2D eigenvalue weighted by atomic mass is 9.92. The van der Waals surface area contributed by atoms with E-state index >= 15 is 0 Å². The van der Waals surface area contributed by atoms with Gasteiger partial charge in [0.25, 0.3) is 5.56 Å². The summed E-state index contributed by atoms with van der Waals surface area (Å²) in [4.78, 5) is 29.7. The zero-order valence-corrected chi connectivity index (χ0v) is 17.0. The first-order chi connectivity index (χ1) is 12.2. The van der Waals surface area contributed by atoms with E-state index in [1.807, 2.05) is 20.8 Å². The molecule has 1 amide bonds. The number of carbonyl (C=O) groups excluding carboxylic acids is 1. The van der Waals surface area contributed by atoms with Crippen LogP contribution < -0.4 is 10.9 Å². The van der Waals surface area contributed by atoms with E-state index in [1.165, 1.54) is 11.8 Å². The topological polar surface area (TPSA) is 64.0 Å². The summed E-state index contributed by atoms with van der Waals surface area (Å²) in [5, 5.41) is 4.15. The van der Waals surface area contributed by atoms with Gasteiger partial charge in [0.05, 0.1) is 27.3 Å². The fraction of sp³-hybridized carbons (Fsp3) is 0.389. The first-order valence-corrected chi connectivity index (χ1v) is 9.91. The Morgan fingerprint density at radius 1 is 1.35 bits per heavy atom. The van der Waals surface area contributed by atoms with Crippen molar-refractivity contribution in [3.8, 4) is 0 Å². The molecular weight excluding hydrogens is 393 g/mol. The maximum atomic E-state index is 12.6. The van der Waals surface area contributed by atoms with E-state index < -0.39 is 0 Å². The van der Waals surface area contributed by atoms with E-state index in [0.717, 1.165) is 5.69 Å². The number of benzene rings is 1. The number of aromatic nitrogens is 2. The summed E-state index contributed by atoms with van der Waals surface area (Å²) in [7, 11) is 0. The van der Waals surface area contributed by atoms with E-state index in [9.17, 15) is 9.59 Å². The Bertz CT molecular complexity index is 922. The molecule has 1 unspecified atom stereocenters. The molecule has 1 atom stereocenters. The number of nitrogens with zero attached hydrogens (tertiary/aromatic N) is 2. The largest absolute Gasteiger partial charge is 0.324 e. The lowest BCUT2D eigenvalue weighted by Crippen LogP contribution is -2.37. The van der Waals surface area contributed by atoms with Crippen LogP contribution in [0.3, 0.4) is 0 Å². The lowest BCUT2D eigenvalue weighted by molar-refractivity contribution is -0.119. The standard InChI is InChI=1S/C18H19Cl2N3O2S/c1-18(2,3)13-7-14(24)23-8-10(9-26-17(23)22-13)16(25)21-12-6-4-5-11(19)15(12)20/h4-7,10H,8-9H2,1-3H3,(H,21,25). The maximum Gasteiger partial charge on any atom is 0.254 e. The molecule has 0 bridgehead atoms. The van der Waals surface area contributed by atoms with Crippen molar-refractivity contribution in [3.05, 3.63) is 50.4 Å². The molecule has 0 fully saturated rings. The summed E-state index contributed by atoms with van der Waals surface area (Å²) in [6.45, 7) is 6.35. The molecule has 2 heterocycles. The van der Waals surface area contributed by atoms with Gasteiger partial charge < -0.3 is 5.32 Å². The number of thioether (sulfide) groups is 1. The number of hydrogen-bond acceptors (Lipinski definition) is 4. The molecule has 5 nitrogen and oxygen atoms in total. The number of fused-ring (bicyclic) bond motifs is 1. The Labute approximate surface area is 166 Å². The molecule has 0 spiro atoms. The van der Waals surface area contributed by atoms with Crippen LogP contribution in [0.5, 0.6) is 0 Å². The number of nitrogens with one attached hydrogen (secondary N) is 1. The van der Waals surface area contributed by atoms with Gasteiger partial charge in [-0.3, -0.25) is 14.2 Å². The van der Waals surface area contributed by atoms with Gasteiger partial charge >= 0.3 is 0 Å². The normalized spacial score (nSPS) is 16.9. The Balaban J connectivity index is 1.81. The Hall–Kier alpha value is -1.50. The fourth-order valence-corrected chi connectivity index (χ4v) is 4.03. The number of amides is 1. The minimum absolute atomic E-state index is 0.134. The Morgan fingerprint density at radius 3 is 2.77 bits per heavy atom. The van der Waals surface area contributed by atoms with Gasteiger partial charge in [0.15, 0.2) is 5.16 Å². The van der Waals surface area contributed by atoms with Gasteiger partial charge in [0.2, 0.25) is 5.91 Å². The molecule has 1 aromatic heterocycles. The molecule has 1 aliphatic heterocycles. The van der Waals surface area contributed by atoms with Crippen LogP contribution in [0.25, 0.3) is 0 Å². The summed E-state index contributed by atoms with van der Waals surface area (Å²) < 4.78 is 1.56. The Kier molecular flexibility index (Phi) is 5.37. The van der Waals surface area contributed by atoms with Crippen LogP contribution in [-0.4, -0.2) is 21.2 Å². The van der Waals surface area contributed by atoms with E-state index in [4.69, 9.17) is 23.2 Å². The zero-order valence-electron chi connectivity index (χ0n) is 14.7. The molecule has 2 aromatic rings. The van der Waals surface area contributed by atoms with Gasteiger partial charge in [0, 0.05) is 23.8 Å². The number of rotatable bonds is 2. The molecule has 0 aliphatic carbocycles.